The molecule has 1 amide bonds. The number of thioether (sulfide) groups is 1. The molecule has 1 heterocycles. The summed E-state index contributed by atoms with van der Waals surface area (Å²) in [7, 11) is 0. The molecule has 1 N–H and O–H groups in total. The summed E-state index contributed by atoms with van der Waals surface area (Å²) in [5.41, 5.74) is 1.17. The van der Waals surface area contributed by atoms with Crippen LogP contribution in [0.3, 0.4) is 0 Å². The normalized spacial score (nSPS) is 19.8. The lowest BCUT2D eigenvalue weighted by atomic mass is 9.99. The molecule has 7 heteroatoms. The molecule has 0 bridgehead atoms. The van der Waals surface area contributed by atoms with Gasteiger partial charge in [-0.05, 0) is 24.8 Å². The van der Waals surface area contributed by atoms with E-state index >= 15 is 0 Å². The van der Waals surface area contributed by atoms with Gasteiger partial charge in [-0.2, -0.15) is 11.8 Å². The fourth-order valence-electron chi connectivity index (χ4n) is 2.82. The number of amides is 1. The molecule has 0 aromatic heterocycles. The van der Waals surface area contributed by atoms with E-state index in [0.717, 1.165) is 18.6 Å². The van der Waals surface area contributed by atoms with Gasteiger partial charge in [0.05, 0.1) is 12.6 Å². The molecule has 0 aliphatic carbocycles. The Kier molecular flexibility index (Phi) is 9.67. The molecule has 0 radical (unpaired) electrons. The minimum absolute atomic E-state index is 0.0209. The van der Waals surface area contributed by atoms with E-state index < -0.39 is 30.1 Å². The lowest BCUT2D eigenvalue weighted by Crippen LogP contribution is -2.45. The minimum Gasteiger partial charge on any atom is -0.464 e. The van der Waals surface area contributed by atoms with E-state index in [1.165, 1.54) is 5.56 Å². The Bertz CT molecular complexity index is 681. The molecule has 0 saturated carbocycles. The van der Waals surface area contributed by atoms with E-state index in [2.05, 4.69) is 19.2 Å². The Labute approximate surface area is 177 Å². The highest BCUT2D eigenvalue weighted by atomic mass is 32.2. The predicted octanol–water partition coefficient (Wildman–Crippen LogP) is 3.13. The molecule has 0 spiro atoms. The molecule has 1 aliphatic heterocycles. The summed E-state index contributed by atoms with van der Waals surface area (Å²) in [6.45, 7) is 6.16. The molecule has 6 nitrogen and oxygen atoms in total. The molecule has 29 heavy (non-hydrogen) atoms. The van der Waals surface area contributed by atoms with Crippen LogP contribution in [0.15, 0.2) is 30.3 Å². The standard InChI is InChI=1S/C22H31NO5S/c1-4-15(3)11-12-18(24)17(14-29-13-16-9-7-6-8-10-16)23-21(25)19-20(28-19)22(26)27-5-2/h6-10,15,17,19-20H,4-5,11-14H2,1-3H3,(H,23,25)/t15?,17-,19-,20-/m0/s1. The van der Waals surface area contributed by atoms with Crippen LogP contribution in [0.4, 0.5) is 0 Å². The van der Waals surface area contributed by atoms with Gasteiger partial charge in [-0.15, -0.1) is 0 Å². The summed E-state index contributed by atoms with van der Waals surface area (Å²) in [6, 6.07) is 9.40. The number of Topliss-reactive ketones (excluding diaryl/α,β-unsaturated/α-hetero) is 1. The molecular formula is C22H31NO5S. The van der Waals surface area contributed by atoms with E-state index in [4.69, 9.17) is 9.47 Å². The number of rotatable bonds is 13. The average molecular weight is 422 g/mol. The Hall–Kier alpha value is -1.86. The van der Waals surface area contributed by atoms with Gasteiger partial charge in [0, 0.05) is 17.9 Å². The van der Waals surface area contributed by atoms with Gasteiger partial charge in [-0.3, -0.25) is 9.59 Å². The molecule has 1 aromatic carbocycles. The summed E-state index contributed by atoms with van der Waals surface area (Å²) in [5.74, 6) is 0.768. The van der Waals surface area contributed by atoms with Crippen LogP contribution in [-0.2, 0) is 29.6 Å². The molecule has 1 aliphatic rings. The molecule has 4 atom stereocenters. The highest BCUT2D eigenvalue weighted by Gasteiger charge is 2.52. The Morgan fingerprint density at radius 1 is 1.17 bits per heavy atom. The van der Waals surface area contributed by atoms with E-state index in [0.29, 0.717) is 18.1 Å². The van der Waals surface area contributed by atoms with Crippen LogP contribution in [0.2, 0.25) is 0 Å². The fourth-order valence-corrected chi connectivity index (χ4v) is 3.87. The van der Waals surface area contributed by atoms with Crippen LogP contribution in [0.1, 0.15) is 45.6 Å². The maximum absolute atomic E-state index is 12.7. The monoisotopic (exact) mass is 421 g/mol. The molecular weight excluding hydrogens is 390 g/mol. The highest BCUT2D eigenvalue weighted by molar-refractivity contribution is 7.98. The number of hydrogen-bond donors (Lipinski definition) is 1. The fraction of sp³-hybridized carbons (Fsp3) is 0.591. The van der Waals surface area contributed by atoms with Crippen molar-refractivity contribution in [3.05, 3.63) is 35.9 Å². The second-order valence-corrected chi connectivity index (χ2v) is 8.34. The van der Waals surface area contributed by atoms with E-state index in [-0.39, 0.29) is 12.4 Å². The number of benzene rings is 1. The van der Waals surface area contributed by atoms with Gasteiger partial charge in [-0.1, -0.05) is 50.6 Å². The molecule has 2 rings (SSSR count). The van der Waals surface area contributed by atoms with Crippen molar-refractivity contribution < 1.29 is 23.9 Å². The van der Waals surface area contributed by atoms with E-state index in [9.17, 15) is 14.4 Å². The number of ketones is 1. The molecule has 1 saturated heterocycles. The zero-order valence-electron chi connectivity index (χ0n) is 17.4. The molecule has 160 valence electrons. The first-order valence-corrected chi connectivity index (χ1v) is 11.4. The maximum Gasteiger partial charge on any atom is 0.338 e. The number of hydrogen-bond acceptors (Lipinski definition) is 6. The lowest BCUT2D eigenvalue weighted by Gasteiger charge is -2.18. The van der Waals surface area contributed by atoms with Gasteiger partial charge >= 0.3 is 5.97 Å². The van der Waals surface area contributed by atoms with Crippen LogP contribution < -0.4 is 5.32 Å². The van der Waals surface area contributed by atoms with Crippen LogP contribution in [0.25, 0.3) is 0 Å². The largest absolute Gasteiger partial charge is 0.464 e. The summed E-state index contributed by atoms with van der Waals surface area (Å²) in [6.07, 6.45) is 0.528. The third kappa shape index (κ3) is 7.82. The van der Waals surface area contributed by atoms with Crippen molar-refractivity contribution in [1.82, 2.24) is 5.32 Å². The number of carbonyl (C=O) groups excluding carboxylic acids is 3. The third-order valence-corrected chi connectivity index (χ3v) is 6.06. The first-order chi connectivity index (χ1) is 14.0. The summed E-state index contributed by atoms with van der Waals surface area (Å²) in [5, 5.41) is 2.79. The van der Waals surface area contributed by atoms with Gasteiger partial charge in [0.1, 0.15) is 0 Å². The second kappa shape index (κ2) is 12.0. The number of esters is 1. The van der Waals surface area contributed by atoms with Gasteiger partial charge in [-0.25, -0.2) is 4.79 Å². The number of epoxide rings is 1. The zero-order chi connectivity index (χ0) is 21.2. The molecule has 1 unspecified atom stereocenters. The van der Waals surface area contributed by atoms with Gasteiger partial charge < -0.3 is 14.8 Å². The first kappa shape index (κ1) is 23.4. The number of nitrogens with one attached hydrogen (secondary N) is 1. The summed E-state index contributed by atoms with van der Waals surface area (Å²) in [4.78, 5) is 36.9. The van der Waals surface area contributed by atoms with Crippen molar-refractivity contribution in [3.63, 3.8) is 0 Å². The van der Waals surface area contributed by atoms with Crippen LogP contribution >= 0.6 is 11.8 Å². The smallest absolute Gasteiger partial charge is 0.338 e. The Morgan fingerprint density at radius 3 is 2.55 bits per heavy atom. The SMILES string of the molecule is CCOC(=O)[C@H]1O[C@@H]1C(=O)N[C@@H](CSCc1ccccc1)C(=O)CCC(C)CC. The van der Waals surface area contributed by atoms with Crippen molar-refractivity contribution in [1.29, 1.82) is 0 Å². The zero-order valence-corrected chi connectivity index (χ0v) is 18.2. The lowest BCUT2D eigenvalue weighted by molar-refractivity contribution is -0.144. The summed E-state index contributed by atoms with van der Waals surface area (Å²) < 4.78 is 10.0. The van der Waals surface area contributed by atoms with Crippen LogP contribution in [-0.4, -0.2) is 48.3 Å². The summed E-state index contributed by atoms with van der Waals surface area (Å²) >= 11 is 1.60. The quantitative estimate of drug-likeness (QED) is 0.389. The molecule has 1 fully saturated rings. The van der Waals surface area contributed by atoms with Crippen molar-refractivity contribution in [2.45, 2.75) is 64.0 Å². The van der Waals surface area contributed by atoms with Gasteiger partial charge in [0.15, 0.2) is 18.0 Å². The van der Waals surface area contributed by atoms with Gasteiger partial charge in [0.25, 0.3) is 5.91 Å². The van der Waals surface area contributed by atoms with Gasteiger partial charge in [0.2, 0.25) is 0 Å². The number of carbonyl (C=O) groups is 3. The van der Waals surface area contributed by atoms with Crippen molar-refractivity contribution in [2.24, 2.45) is 5.92 Å². The predicted molar refractivity (Wildman–Crippen MR) is 114 cm³/mol. The van der Waals surface area contributed by atoms with Crippen molar-refractivity contribution in [2.75, 3.05) is 12.4 Å². The maximum atomic E-state index is 12.7. The third-order valence-electron chi connectivity index (χ3n) is 4.95. The van der Waals surface area contributed by atoms with Crippen molar-refractivity contribution in [3.8, 4) is 0 Å². The van der Waals surface area contributed by atoms with Crippen molar-refractivity contribution >= 4 is 29.4 Å². The number of ether oxygens (including phenoxy) is 2. The second-order valence-electron chi connectivity index (χ2n) is 7.31. The van der Waals surface area contributed by atoms with Crippen LogP contribution in [0.5, 0.6) is 0 Å². The van der Waals surface area contributed by atoms with E-state index in [1.807, 2.05) is 30.3 Å². The Morgan fingerprint density at radius 2 is 1.90 bits per heavy atom. The van der Waals surface area contributed by atoms with Crippen LogP contribution in [0, 0.1) is 5.92 Å². The average Bonchev–Trinajstić information content (AvgIpc) is 3.53. The minimum atomic E-state index is -0.863. The van der Waals surface area contributed by atoms with E-state index in [1.54, 1.807) is 18.7 Å². The first-order valence-electron chi connectivity index (χ1n) is 10.2. The highest BCUT2D eigenvalue weighted by Crippen LogP contribution is 2.24. The molecule has 1 aromatic rings. The Balaban J connectivity index is 1.90. The topological polar surface area (TPSA) is 85.0 Å².